The van der Waals surface area contributed by atoms with Crippen LogP contribution in [0.25, 0.3) is 0 Å². The average Bonchev–Trinajstić information content (AvgIpc) is 2.38. The number of halogens is 3. The summed E-state index contributed by atoms with van der Waals surface area (Å²) in [5, 5.41) is 1.61. The minimum atomic E-state index is -4.38. The topological polar surface area (TPSA) is 49.6 Å². The van der Waals surface area contributed by atoms with Crippen molar-refractivity contribution in [1.82, 2.24) is 9.91 Å². The third-order valence-electron chi connectivity index (χ3n) is 3.06. The molecule has 19 heavy (non-hydrogen) atoms. The van der Waals surface area contributed by atoms with Crippen LogP contribution in [0.1, 0.15) is 15.9 Å². The first kappa shape index (κ1) is 13.8. The summed E-state index contributed by atoms with van der Waals surface area (Å²) in [6.07, 6.45) is -4.38. The Hall–Kier alpha value is -1.60. The number of piperazine rings is 1. The van der Waals surface area contributed by atoms with Gasteiger partial charge in [-0.2, -0.15) is 13.2 Å². The number of amides is 1. The van der Waals surface area contributed by atoms with Crippen LogP contribution in [0, 0.1) is 0 Å². The maximum Gasteiger partial charge on any atom is 0.416 e. The molecule has 1 fully saturated rings. The highest BCUT2D eigenvalue weighted by molar-refractivity contribution is 5.94. The molecule has 4 nitrogen and oxygen atoms in total. The van der Waals surface area contributed by atoms with Gasteiger partial charge in [-0.3, -0.25) is 10.6 Å². The highest BCUT2D eigenvalue weighted by Crippen LogP contribution is 2.29. The van der Waals surface area contributed by atoms with Gasteiger partial charge < -0.3 is 4.90 Å². The summed E-state index contributed by atoms with van der Waals surface area (Å²) in [5.74, 6) is 5.31. The minimum absolute atomic E-state index is 0.262. The van der Waals surface area contributed by atoms with E-state index in [1.165, 1.54) is 12.1 Å². The lowest BCUT2D eigenvalue weighted by Gasteiger charge is -2.32. The molecule has 0 saturated carbocycles. The molecule has 1 heterocycles. The zero-order chi connectivity index (χ0) is 14.0. The fourth-order valence-corrected chi connectivity index (χ4v) is 1.91. The van der Waals surface area contributed by atoms with Crippen LogP contribution in [0.15, 0.2) is 24.3 Å². The molecule has 0 aliphatic carbocycles. The zero-order valence-corrected chi connectivity index (χ0v) is 10.2. The van der Waals surface area contributed by atoms with E-state index in [1.807, 2.05) is 0 Å². The van der Waals surface area contributed by atoms with Gasteiger partial charge in [0.05, 0.1) is 5.56 Å². The van der Waals surface area contributed by atoms with E-state index in [4.69, 9.17) is 5.84 Å². The van der Waals surface area contributed by atoms with Crippen molar-refractivity contribution in [2.24, 2.45) is 5.84 Å². The lowest BCUT2D eigenvalue weighted by atomic mass is 10.1. The monoisotopic (exact) mass is 273 g/mol. The van der Waals surface area contributed by atoms with Gasteiger partial charge in [0.15, 0.2) is 0 Å². The molecule has 1 aromatic rings. The molecular formula is C12H14F3N3O. The van der Waals surface area contributed by atoms with Crippen LogP contribution in [-0.2, 0) is 6.18 Å². The minimum Gasteiger partial charge on any atom is -0.336 e. The Labute approximate surface area is 108 Å². The molecule has 1 saturated heterocycles. The van der Waals surface area contributed by atoms with E-state index in [1.54, 1.807) is 9.91 Å². The largest absolute Gasteiger partial charge is 0.416 e. The number of nitrogens with zero attached hydrogens (tertiary/aromatic N) is 2. The molecule has 0 spiro atoms. The molecule has 0 atom stereocenters. The number of rotatable bonds is 1. The van der Waals surface area contributed by atoms with Crippen LogP contribution in [0.4, 0.5) is 13.2 Å². The number of carbonyl (C=O) groups is 1. The summed E-state index contributed by atoms with van der Waals surface area (Å²) in [6, 6.07) is 4.26. The van der Waals surface area contributed by atoms with Gasteiger partial charge in [0.1, 0.15) is 0 Å². The fraction of sp³-hybridized carbons (Fsp3) is 0.417. The molecular weight excluding hydrogens is 259 g/mol. The lowest BCUT2D eigenvalue weighted by Crippen LogP contribution is -2.51. The maximum absolute atomic E-state index is 12.4. The number of carbonyl (C=O) groups excluding carboxylic acids is 1. The van der Waals surface area contributed by atoms with Crippen LogP contribution >= 0.6 is 0 Å². The third kappa shape index (κ3) is 3.24. The number of hydrogen-bond acceptors (Lipinski definition) is 3. The van der Waals surface area contributed by atoms with E-state index in [2.05, 4.69) is 0 Å². The molecule has 1 amide bonds. The second kappa shape index (κ2) is 5.18. The maximum atomic E-state index is 12.4. The average molecular weight is 273 g/mol. The van der Waals surface area contributed by atoms with Crippen molar-refractivity contribution in [2.45, 2.75) is 6.18 Å². The van der Waals surface area contributed by atoms with Gasteiger partial charge in [-0.05, 0) is 24.3 Å². The van der Waals surface area contributed by atoms with Crippen LogP contribution in [0.5, 0.6) is 0 Å². The summed E-state index contributed by atoms with van der Waals surface area (Å²) < 4.78 is 37.2. The van der Waals surface area contributed by atoms with Gasteiger partial charge in [0, 0.05) is 31.7 Å². The van der Waals surface area contributed by atoms with Crippen molar-refractivity contribution in [3.8, 4) is 0 Å². The van der Waals surface area contributed by atoms with Crippen LogP contribution in [-0.4, -0.2) is 42.0 Å². The highest BCUT2D eigenvalue weighted by Gasteiger charge is 2.30. The van der Waals surface area contributed by atoms with E-state index in [0.29, 0.717) is 26.2 Å². The fourth-order valence-electron chi connectivity index (χ4n) is 1.91. The molecule has 2 rings (SSSR count). The molecule has 1 aromatic carbocycles. The molecule has 1 aliphatic rings. The van der Waals surface area contributed by atoms with Crippen molar-refractivity contribution in [3.05, 3.63) is 35.4 Å². The summed E-state index contributed by atoms with van der Waals surface area (Å²) in [6.45, 7) is 2.09. The molecule has 104 valence electrons. The van der Waals surface area contributed by atoms with Gasteiger partial charge in [0.25, 0.3) is 5.91 Å². The Kier molecular flexibility index (Phi) is 3.77. The summed E-state index contributed by atoms with van der Waals surface area (Å²) in [7, 11) is 0. The van der Waals surface area contributed by atoms with Gasteiger partial charge in [-0.15, -0.1) is 0 Å². The van der Waals surface area contributed by atoms with Crippen LogP contribution in [0.2, 0.25) is 0 Å². The van der Waals surface area contributed by atoms with Gasteiger partial charge in [-0.25, -0.2) is 5.01 Å². The number of nitrogens with two attached hydrogens (primary N) is 1. The SMILES string of the molecule is NN1CCN(C(=O)c2ccc(C(F)(F)F)cc2)CC1. The Bertz CT molecular complexity index is 450. The van der Waals surface area contributed by atoms with E-state index in [9.17, 15) is 18.0 Å². The quantitative estimate of drug-likeness (QED) is 0.785. The van der Waals surface area contributed by atoms with Crippen molar-refractivity contribution >= 4 is 5.91 Å². The van der Waals surface area contributed by atoms with E-state index >= 15 is 0 Å². The predicted octanol–water partition coefficient (Wildman–Crippen LogP) is 1.34. The first-order valence-corrected chi connectivity index (χ1v) is 5.84. The molecule has 0 radical (unpaired) electrons. The lowest BCUT2D eigenvalue weighted by molar-refractivity contribution is -0.137. The summed E-state index contributed by atoms with van der Waals surface area (Å²) >= 11 is 0. The van der Waals surface area contributed by atoms with Gasteiger partial charge in [0.2, 0.25) is 0 Å². The standard InChI is InChI=1S/C12H14F3N3O/c13-12(14,15)10-3-1-9(2-4-10)11(19)17-5-7-18(16)8-6-17/h1-4H,5-8,16H2. The van der Waals surface area contributed by atoms with Crippen molar-refractivity contribution in [2.75, 3.05) is 26.2 Å². The number of hydrogen-bond donors (Lipinski definition) is 1. The molecule has 2 N–H and O–H groups in total. The van der Waals surface area contributed by atoms with Crippen molar-refractivity contribution in [3.63, 3.8) is 0 Å². The molecule has 7 heteroatoms. The Balaban J connectivity index is 2.08. The number of hydrazine groups is 1. The van der Waals surface area contributed by atoms with E-state index in [0.717, 1.165) is 12.1 Å². The van der Waals surface area contributed by atoms with Gasteiger partial charge >= 0.3 is 6.18 Å². The second-order valence-electron chi connectivity index (χ2n) is 4.40. The van der Waals surface area contributed by atoms with Gasteiger partial charge in [-0.1, -0.05) is 0 Å². The first-order chi connectivity index (χ1) is 8.88. The van der Waals surface area contributed by atoms with Crippen molar-refractivity contribution < 1.29 is 18.0 Å². The van der Waals surface area contributed by atoms with Crippen LogP contribution in [0.3, 0.4) is 0 Å². The molecule has 0 aromatic heterocycles. The first-order valence-electron chi connectivity index (χ1n) is 5.84. The number of benzene rings is 1. The van der Waals surface area contributed by atoms with E-state index in [-0.39, 0.29) is 11.5 Å². The van der Waals surface area contributed by atoms with Crippen molar-refractivity contribution in [1.29, 1.82) is 0 Å². The molecule has 0 unspecified atom stereocenters. The second-order valence-corrected chi connectivity index (χ2v) is 4.40. The van der Waals surface area contributed by atoms with E-state index < -0.39 is 11.7 Å². The zero-order valence-electron chi connectivity index (χ0n) is 10.2. The Morgan fingerprint density at radius 3 is 2.05 bits per heavy atom. The number of alkyl halides is 3. The summed E-state index contributed by atoms with van der Waals surface area (Å²) in [4.78, 5) is 13.6. The summed E-state index contributed by atoms with van der Waals surface area (Å²) in [5.41, 5.74) is -0.491. The predicted molar refractivity (Wildman–Crippen MR) is 63.1 cm³/mol. The molecule has 1 aliphatic heterocycles. The Morgan fingerprint density at radius 2 is 1.58 bits per heavy atom. The Morgan fingerprint density at radius 1 is 1.05 bits per heavy atom. The third-order valence-corrected chi connectivity index (χ3v) is 3.06. The highest BCUT2D eigenvalue weighted by atomic mass is 19.4. The smallest absolute Gasteiger partial charge is 0.336 e. The molecule has 0 bridgehead atoms. The van der Waals surface area contributed by atoms with Crippen LogP contribution < -0.4 is 5.84 Å². The normalized spacial score (nSPS) is 17.6.